The smallest absolute Gasteiger partial charge is 0.326 e. The Hall–Kier alpha value is -1.63. The second-order valence-corrected chi connectivity index (χ2v) is 5.26. The van der Waals surface area contributed by atoms with Gasteiger partial charge in [-0.1, -0.05) is 34.1 Å². The minimum atomic E-state index is -1.10. The highest BCUT2D eigenvalue weighted by atomic mass is 16.4. The molecule has 0 saturated carbocycles. The van der Waals surface area contributed by atoms with Crippen molar-refractivity contribution in [3.8, 4) is 0 Å². The van der Waals surface area contributed by atoms with Gasteiger partial charge in [-0.2, -0.15) is 0 Å². The Morgan fingerprint density at radius 2 is 1.75 bits per heavy atom. The third-order valence-corrected chi connectivity index (χ3v) is 3.23. The van der Waals surface area contributed by atoms with Crippen LogP contribution in [0.4, 0.5) is 0 Å². The molecular formula is C13H25N3O4. The molecule has 0 radical (unpaired) electrons. The zero-order chi connectivity index (χ0) is 15.9. The fourth-order valence-corrected chi connectivity index (χ4v) is 1.54. The van der Waals surface area contributed by atoms with E-state index in [1.165, 1.54) is 0 Å². The summed E-state index contributed by atoms with van der Waals surface area (Å²) in [5.74, 6) is -2.28. The van der Waals surface area contributed by atoms with E-state index in [4.69, 9.17) is 10.8 Å². The number of hydrogen-bond acceptors (Lipinski definition) is 4. The first kappa shape index (κ1) is 18.4. The molecule has 0 saturated heterocycles. The highest BCUT2D eigenvalue weighted by molar-refractivity contribution is 5.89. The van der Waals surface area contributed by atoms with Gasteiger partial charge in [-0.3, -0.25) is 9.59 Å². The summed E-state index contributed by atoms with van der Waals surface area (Å²) in [4.78, 5) is 34.2. The van der Waals surface area contributed by atoms with Crippen molar-refractivity contribution in [1.82, 2.24) is 10.6 Å². The molecule has 0 aliphatic carbocycles. The minimum Gasteiger partial charge on any atom is -0.480 e. The summed E-state index contributed by atoms with van der Waals surface area (Å²) in [5, 5.41) is 13.7. The molecule has 0 rings (SSSR count). The molecule has 0 aliphatic heterocycles. The van der Waals surface area contributed by atoms with E-state index in [9.17, 15) is 14.4 Å². The first-order valence-corrected chi connectivity index (χ1v) is 6.76. The number of aliphatic carboxylic acids is 1. The molecule has 0 heterocycles. The largest absolute Gasteiger partial charge is 0.480 e. The van der Waals surface area contributed by atoms with Crippen LogP contribution >= 0.6 is 0 Å². The quantitative estimate of drug-likeness (QED) is 0.488. The average molecular weight is 287 g/mol. The van der Waals surface area contributed by atoms with Gasteiger partial charge in [0.1, 0.15) is 6.04 Å². The first-order chi connectivity index (χ1) is 9.20. The van der Waals surface area contributed by atoms with Gasteiger partial charge < -0.3 is 21.5 Å². The molecule has 0 aromatic rings. The van der Waals surface area contributed by atoms with Crippen LogP contribution in [0.2, 0.25) is 0 Å². The van der Waals surface area contributed by atoms with Crippen molar-refractivity contribution >= 4 is 17.8 Å². The van der Waals surface area contributed by atoms with Crippen LogP contribution in [0.3, 0.4) is 0 Å². The van der Waals surface area contributed by atoms with Gasteiger partial charge in [0.15, 0.2) is 0 Å². The molecule has 7 heteroatoms. The van der Waals surface area contributed by atoms with Crippen LogP contribution in [-0.2, 0) is 14.4 Å². The normalized spacial score (nSPS) is 15.3. The van der Waals surface area contributed by atoms with E-state index < -0.39 is 29.9 Å². The molecular weight excluding hydrogens is 262 g/mol. The van der Waals surface area contributed by atoms with Gasteiger partial charge in [0, 0.05) is 0 Å². The van der Waals surface area contributed by atoms with Crippen LogP contribution < -0.4 is 16.4 Å². The molecule has 0 unspecified atom stereocenters. The van der Waals surface area contributed by atoms with Crippen LogP contribution in [0.15, 0.2) is 0 Å². The van der Waals surface area contributed by atoms with Crippen molar-refractivity contribution in [2.24, 2.45) is 17.6 Å². The monoisotopic (exact) mass is 287 g/mol. The zero-order valence-electron chi connectivity index (χ0n) is 12.5. The second kappa shape index (κ2) is 8.52. The number of amides is 2. The fraction of sp³-hybridized carbons (Fsp3) is 0.769. The van der Waals surface area contributed by atoms with Crippen molar-refractivity contribution < 1.29 is 19.5 Å². The maximum Gasteiger partial charge on any atom is 0.326 e. The van der Waals surface area contributed by atoms with Crippen LogP contribution in [0.5, 0.6) is 0 Å². The topological polar surface area (TPSA) is 122 Å². The number of carbonyl (C=O) groups is 3. The maximum absolute atomic E-state index is 11.7. The Morgan fingerprint density at radius 1 is 1.20 bits per heavy atom. The average Bonchev–Trinajstić information content (AvgIpc) is 2.39. The van der Waals surface area contributed by atoms with Crippen LogP contribution in [0.25, 0.3) is 0 Å². The fourth-order valence-electron chi connectivity index (χ4n) is 1.54. The summed E-state index contributed by atoms with van der Waals surface area (Å²) in [7, 11) is 0. The molecule has 116 valence electrons. The van der Waals surface area contributed by atoms with Crippen LogP contribution in [0, 0.1) is 11.8 Å². The van der Waals surface area contributed by atoms with Gasteiger partial charge in [-0.15, -0.1) is 0 Å². The number of nitrogens with two attached hydrogens (primary N) is 1. The maximum atomic E-state index is 11.7. The summed E-state index contributed by atoms with van der Waals surface area (Å²) >= 11 is 0. The standard InChI is InChI=1S/C13H25N3O4/c1-5-8(4)10(14)12(18)15-6-9(17)16-11(7(2)3)13(19)20/h7-8,10-11H,5-6,14H2,1-4H3,(H,15,18)(H,16,17)(H,19,20)/t8-,10-,11-/m0/s1. The van der Waals surface area contributed by atoms with Crippen LogP contribution in [-0.4, -0.2) is 41.5 Å². The van der Waals surface area contributed by atoms with Gasteiger partial charge in [-0.25, -0.2) is 4.79 Å². The third-order valence-electron chi connectivity index (χ3n) is 3.23. The number of carboxylic acid groups (broad SMARTS) is 1. The van der Waals surface area contributed by atoms with E-state index in [1.807, 2.05) is 13.8 Å². The van der Waals surface area contributed by atoms with Gasteiger partial charge >= 0.3 is 5.97 Å². The summed E-state index contributed by atoms with van der Waals surface area (Å²) in [6, 6.07) is -1.64. The summed E-state index contributed by atoms with van der Waals surface area (Å²) in [6.07, 6.45) is 0.759. The van der Waals surface area contributed by atoms with Crippen molar-refractivity contribution in [2.45, 2.75) is 46.2 Å². The summed E-state index contributed by atoms with van der Waals surface area (Å²) in [6.45, 7) is 6.88. The van der Waals surface area contributed by atoms with Crippen molar-refractivity contribution in [3.63, 3.8) is 0 Å². The summed E-state index contributed by atoms with van der Waals surface area (Å²) < 4.78 is 0. The van der Waals surface area contributed by atoms with Gasteiger partial charge in [-0.05, 0) is 11.8 Å². The van der Waals surface area contributed by atoms with Crippen molar-refractivity contribution in [3.05, 3.63) is 0 Å². The van der Waals surface area contributed by atoms with Crippen LogP contribution in [0.1, 0.15) is 34.1 Å². The Kier molecular flexibility index (Phi) is 7.83. The lowest BCUT2D eigenvalue weighted by Crippen LogP contribution is -2.51. The predicted octanol–water partition coefficient (Wildman–Crippen LogP) is -0.299. The predicted molar refractivity (Wildman–Crippen MR) is 74.8 cm³/mol. The number of carbonyl (C=O) groups excluding carboxylic acids is 2. The Morgan fingerprint density at radius 3 is 2.15 bits per heavy atom. The molecule has 0 fully saturated rings. The number of nitrogens with one attached hydrogen (secondary N) is 2. The van der Waals surface area contributed by atoms with E-state index in [0.717, 1.165) is 6.42 Å². The molecule has 20 heavy (non-hydrogen) atoms. The minimum absolute atomic E-state index is 0.0143. The molecule has 0 aromatic heterocycles. The highest BCUT2D eigenvalue weighted by Gasteiger charge is 2.24. The van der Waals surface area contributed by atoms with Crippen molar-refractivity contribution in [1.29, 1.82) is 0 Å². The van der Waals surface area contributed by atoms with E-state index in [2.05, 4.69) is 10.6 Å². The van der Waals surface area contributed by atoms with Gasteiger partial charge in [0.25, 0.3) is 0 Å². The van der Waals surface area contributed by atoms with Gasteiger partial charge in [0.05, 0.1) is 12.6 Å². The second-order valence-electron chi connectivity index (χ2n) is 5.26. The lowest BCUT2D eigenvalue weighted by molar-refractivity contribution is -0.143. The van der Waals surface area contributed by atoms with Crippen molar-refractivity contribution in [2.75, 3.05) is 6.54 Å². The molecule has 3 atom stereocenters. The Bertz CT molecular complexity index is 358. The van der Waals surface area contributed by atoms with E-state index in [0.29, 0.717) is 0 Å². The number of carboxylic acids is 1. The Labute approximate surface area is 119 Å². The molecule has 2 amide bonds. The van der Waals surface area contributed by atoms with Gasteiger partial charge in [0.2, 0.25) is 11.8 Å². The lowest BCUT2D eigenvalue weighted by Gasteiger charge is -2.20. The van der Waals surface area contributed by atoms with E-state index in [-0.39, 0.29) is 18.4 Å². The Balaban J connectivity index is 4.29. The molecule has 0 spiro atoms. The molecule has 0 aromatic carbocycles. The SMILES string of the molecule is CC[C@H](C)[C@H](N)C(=O)NCC(=O)N[C@H](C(=O)O)C(C)C. The highest BCUT2D eigenvalue weighted by Crippen LogP contribution is 2.05. The molecule has 7 nitrogen and oxygen atoms in total. The number of rotatable bonds is 8. The third kappa shape index (κ3) is 6.01. The van der Waals surface area contributed by atoms with E-state index >= 15 is 0 Å². The molecule has 0 aliphatic rings. The number of hydrogen-bond donors (Lipinski definition) is 4. The van der Waals surface area contributed by atoms with E-state index in [1.54, 1.807) is 13.8 Å². The molecule has 0 bridgehead atoms. The first-order valence-electron chi connectivity index (χ1n) is 6.76. The zero-order valence-corrected chi connectivity index (χ0v) is 12.5. The lowest BCUT2D eigenvalue weighted by atomic mass is 9.99. The molecule has 5 N–H and O–H groups in total. The summed E-state index contributed by atoms with van der Waals surface area (Å²) in [5.41, 5.74) is 5.72.